The fraction of sp³-hybridized carbons (Fsp3) is 0.133. The van der Waals surface area contributed by atoms with Crippen molar-refractivity contribution in [3.63, 3.8) is 0 Å². The Labute approximate surface area is 206 Å². The van der Waals surface area contributed by atoms with Gasteiger partial charge in [0.2, 0.25) is 0 Å². The van der Waals surface area contributed by atoms with E-state index in [1.807, 2.05) is 36.4 Å². The van der Waals surface area contributed by atoms with Gasteiger partial charge in [-0.2, -0.15) is 0 Å². The van der Waals surface area contributed by atoms with Gasteiger partial charge >= 0.3 is 11.9 Å². The first-order chi connectivity index (χ1) is 16.7. The molecule has 0 aromatic heterocycles. The standard InChI is InChI=1S/C30H28O5/c1-7-29(31)35-27-15-10-24(11-16-27)28-17-12-25(18-20(28)4)23-8-13-26(14-9-23)33-21(5)22(6)34-30(32)19(2)3/h7-18H,1-2H2,3-6H3. The van der Waals surface area contributed by atoms with Crippen molar-refractivity contribution in [2.45, 2.75) is 27.7 Å². The average molecular weight is 469 g/mol. The molecule has 5 heteroatoms. The molecular formula is C30H28O5. The van der Waals surface area contributed by atoms with E-state index in [0.717, 1.165) is 33.9 Å². The van der Waals surface area contributed by atoms with Crippen LogP contribution in [0.25, 0.3) is 22.3 Å². The van der Waals surface area contributed by atoms with Crippen molar-refractivity contribution >= 4 is 11.9 Å². The van der Waals surface area contributed by atoms with Crippen molar-refractivity contribution < 1.29 is 23.8 Å². The van der Waals surface area contributed by atoms with E-state index in [1.54, 1.807) is 32.9 Å². The van der Waals surface area contributed by atoms with E-state index in [-0.39, 0.29) is 0 Å². The number of allylic oxidation sites excluding steroid dienone is 2. The summed E-state index contributed by atoms with van der Waals surface area (Å²) in [7, 11) is 0. The van der Waals surface area contributed by atoms with Gasteiger partial charge in [-0.3, -0.25) is 0 Å². The normalized spacial score (nSPS) is 11.2. The van der Waals surface area contributed by atoms with E-state index in [1.165, 1.54) is 0 Å². The Bertz CT molecular complexity index is 1300. The first kappa shape index (κ1) is 25.2. The highest BCUT2D eigenvalue weighted by Gasteiger charge is 2.10. The molecule has 3 aromatic rings. The van der Waals surface area contributed by atoms with Gasteiger partial charge < -0.3 is 14.2 Å². The lowest BCUT2D eigenvalue weighted by Crippen LogP contribution is -2.06. The monoisotopic (exact) mass is 468 g/mol. The van der Waals surface area contributed by atoms with Crippen LogP contribution in [0.2, 0.25) is 0 Å². The highest BCUT2D eigenvalue weighted by molar-refractivity contribution is 5.87. The Hall–Kier alpha value is -4.38. The Morgan fingerprint density at radius 1 is 0.743 bits per heavy atom. The molecule has 178 valence electrons. The van der Waals surface area contributed by atoms with Crippen LogP contribution in [0.3, 0.4) is 0 Å². The van der Waals surface area contributed by atoms with Crippen molar-refractivity contribution in [1.29, 1.82) is 0 Å². The molecule has 0 aliphatic heterocycles. The topological polar surface area (TPSA) is 61.8 Å². The van der Waals surface area contributed by atoms with Gasteiger partial charge in [-0.05, 0) is 79.8 Å². The number of hydrogen-bond acceptors (Lipinski definition) is 5. The third-order valence-corrected chi connectivity index (χ3v) is 5.33. The molecule has 0 fully saturated rings. The summed E-state index contributed by atoms with van der Waals surface area (Å²) in [6.45, 7) is 14.1. The second-order valence-electron chi connectivity index (χ2n) is 8.09. The number of ether oxygens (including phenoxy) is 3. The molecule has 0 spiro atoms. The van der Waals surface area contributed by atoms with Gasteiger partial charge in [0.15, 0.2) is 0 Å². The Morgan fingerprint density at radius 3 is 1.83 bits per heavy atom. The lowest BCUT2D eigenvalue weighted by Gasteiger charge is -2.12. The minimum Gasteiger partial charge on any atom is -0.459 e. The molecule has 0 atom stereocenters. The van der Waals surface area contributed by atoms with E-state index in [9.17, 15) is 9.59 Å². The van der Waals surface area contributed by atoms with Crippen LogP contribution in [0.5, 0.6) is 11.5 Å². The molecule has 0 aliphatic rings. The maximum Gasteiger partial charge on any atom is 0.338 e. The molecular weight excluding hydrogens is 440 g/mol. The number of carbonyl (C=O) groups excluding carboxylic acids is 2. The Kier molecular flexibility index (Phi) is 8.05. The van der Waals surface area contributed by atoms with Crippen molar-refractivity contribution in [1.82, 2.24) is 0 Å². The molecule has 3 rings (SSSR count). The van der Waals surface area contributed by atoms with Gasteiger partial charge in [0.1, 0.15) is 23.0 Å². The van der Waals surface area contributed by atoms with Crippen LogP contribution in [-0.2, 0) is 14.3 Å². The molecule has 0 heterocycles. The third-order valence-electron chi connectivity index (χ3n) is 5.33. The molecule has 5 nitrogen and oxygen atoms in total. The van der Waals surface area contributed by atoms with Gasteiger partial charge in [0.25, 0.3) is 0 Å². The summed E-state index contributed by atoms with van der Waals surface area (Å²) < 4.78 is 16.2. The predicted octanol–water partition coefficient (Wildman–Crippen LogP) is 7.17. The van der Waals surface area contributed by atoms with Gasteiger partial charge in [0, 0.05) is 11.6 Å². The summed E-state index contributed by atoms with van der Waals surface area (Å²) >= 11 is 0. The van der Waals surface area contributed by atoms with E-state index >= 15 is 0 Å². The van der Waals surface area contributed by atoms with Crippen molar-refractivity contribution in [3.05, 3.63) is 109 Å². The van der Waals surface area contributed by atoms with Crippen LogP contribution in [0, 0.1) is 6.92 Å². The van der Waals surface area contributed by atoms with Crippen molar-refractivity contribution in [2.75, 3.05) is 0 Å². The minimum atomic E-state index is -0.484. The summed E-state index contributed by atoms with van der Waals surface area (Å²) in [5.74, 6) is 1.04. The van der Waals surface area contributed by atoms with Crippen LogP contribution in [0.1, 0.15) is 26.3 Å². The summed E-state index contributed by atoms with van der Waals surface area (Å²) in [5.41, 5.74) is 5.69. The number of rotatable bonds is 8. The average Bonchev–Trinajstić information content (AvgIpc) is 2.84. The second-order valence-corrected chi connectivity index (χ2v) is 8.09. The van der Waals surface area contributed by atoms with Gasteiger partial charge in [-0.1, -0.05) is 55.6 Å². The molecule has 3 aromatic carbocycles. The lowest BCUT2D eigenvalue weighted by atomic mass is 9.96. The molecule has 0 unspecified atom stereocenters. The zero-order valence-electron chi connectivity index (χ0n) is 20.4. The highest BCUT2D eigenvalue weighted by atomic mass is 16.6. The molecule has 0 aliphatic carbocycles. The zero-order chi connectivity index (χ0) is 25.5. The van der Waals surface area contributed by atoms with Crippen LogP contribution >= 0.6 is 0 Å². The third kappa shape index (κ3) is 6.58. The van der Waals surface area contributed by atoms with E-state index in [0.29, 0.717) is 28.6 Å². The summed E-state index contributed by atoms with van der Waals surface area (Å²) in [5, 5.41) is 0. The first-order valence-corrected chi connectivity index (χ1v) is 11.1. The van der Waals surface area contributed by atoms with E-state index in [4.69, 9.17) is 14.2 Å². The van der Waals surface area contributed by atoms with Gasteiger partial charge in [-0.15, -0.1) is 0 Å². The van der Waals surface area contributed by atoms with Crippen LogP contribution in [-0.4, -0.2) is 11.9 Å². The highest BCUT2D eigenvalue weighted by Crippen LogP contribution is 2.31. The molecule has 35 heavy (non-hydrogen) atoms. The number of benzene rings is 3. The Balaban J connectivity index is 1.73. The molecule has 0 N–H and O–H groups in total. The van der Waals surface area contributed by atoms with E-state index < -0.39 is 11.9 Å². The second kappa shape index (κ2) is 11.2. The fourth-order valence-electron chi connectivity index (χ4n) is 3.29. The van der Waals surface area contributed by atoms with E-state index in [2.05, 4.69) is 38.3 Å². The smallest absolute Gasteiger partial charge is 0.338 e. The lowest BCUT2D eigenvalue weighted by molar-refractivity contribution is -0.135. The molecule has 0 amide bonds. The molecule has 0 radical (unpaired) electrons. The fourth-order valence-corrected chi connectivity index (χ4v) is 3.29. The molecule has 0 bridgehead atoms. The summed E-state index contributed by atoms with van der Waals surface area (Å²) in [4.78, 5) is 23.0. The first-order valence-electron chi connectivity index (χ1n) is 11.1. The number of hydrogen-bond donors (Lipinski definition) is 0. The van der Waals surface area contributed by atoms with Crippen LogP contribution in [0.4, 0.5) is 0 Å². The van der Waals surface area contributed by atoms with Gasteiger partial charge in [-0.25, -0.2) is 9.59 Å². The largest absolute Gasteiger partial charge is 0.459 e. The quantitative estimate of drug-likeness (QED) is 0.152. The SMILES string of the molecule is C=CC(=O)Oc1ccc(-c2ccc(-c3ccc(OC(C)=C(C)OC(=O)C(=C)C)cc3)cc2C)cc1. The number of carbonyl (C=O) groups is 2. The zero-order valence-corrected chi connectivity index (χ0v) is 20.4. The molecule has 0 saturated heterocycles. The molecule has 0 saturated carbocycles. The maximum atomic E-state index is 11.7. The maximum absolute atomic E-state index is 11.7. The number of aryl methyl sites for hydroxylation is 1. The van der Waals surface area contributed by atoms with Gasteiger partial charge in [0.05, 0.1) is 0 Å². The number of esters is 2. The van der Waals surface area contributed by atoms with Crippen molar-refractivity contribution in [2.24, 2.45) is 0 Å². The Morgan fingerprint density at radius 2 is 1.29 bits per heavy atom. The van der Waals surface area contributed by atoms with Crippen LogP contribution < -0.4 is 9.47 Å². The predicted molar refractivity (Wildman–Crippen MR) is 138 cm³/mol. The minimum absolute atomic E-state index is 0.328. The summed E-state index contributed by atoms with van der Waals surface area (Å²) in [6, 6.07) is 21.4. The van der Waals surface area contributed by atoms with Crippen LogP contribution in [0.15, 0.2) is 103 Å². The van der Waals surface area contributed by atoms with Crippen molar-refractivity contribution in [3.8, 4) is 33.8 Å². The summed E-state index contributed by atoms with van der Waals surface area (Å²) in [6.07, 6.45) is 1.13.